The normalized spacial score (nSPS) is 10.1. The van der Waals surface area contributed by atoms with Crippen molar-refractivity contribution in [1.29, 1.82) is 0 Å². The number of carbonyl (C=O) groups is 1. The third-order valence-electron chi connectivity index (χ3n) is 2.96. The highest BCUT2D eigenvalue weighted by atomic mass is 16.2. The Hall–Kier alpha value is -2.09. The summed E-state index contributed by atoms with van der Waals surface area (Å²) in [6, 6.07) is 17.8. The fraction of sp³-hybridized carbons (Fsp3) is 0.188. The Labute approximate surface area is 108 Å². The van der Waals surface area contributed by atoms with Gasteiger partial charge in [-0.25, -0.2) is 0 Å². The summed E-state index contributed by atoms with van der Waals surface area (Å²) < 4.78 is 0. The average Bonchev–Trinajstić information content (AvgIpc) is 2.39. The number of para-hydroxylation sites is 1. The van der Waals surface area contributed by atoms with Gasteiger partial charge in [0, 0.05) is 12.7 Å². The van der Waals surface area contributed by atoms with Crippen LogP contribution in [0.25, 0.3) is 0 Å². The Morgan fingerprint density at radius 3 is 2.44 bits per heavy atom. The maximum Gasteiger partial charge on any atom is 0.231 e. The molecule has 2 aromatic carbocycles. The van der Waals surface area contributed by atoms with Crippen molar-refractivity contribution in [3.8, 4) is 0 Å². The van der Waals surface area contributed by atoms with Gasteiger partial charge in [-0.15, -0.1) is 0 Å². The molecule has 0 saturated carbocycles. The molecular formula is C16H17NO. The SMILES string of the molecule is Cc1cccc(CC(=O)N(C)c2ccccc2)c1. The summed E-state index contributed by atoms with van der Waals surface area (Å²) in [5.41, 5.74) is 3.17. The molecule has 0 N–H and O–H groups in total. The first-order valence-corrected chi connectivity index (χ1v) is 6.04. The van der Waals surface area contributed by atoms with Crippen LogP contribution in [0, 0.1) is 6.92 Å². The van der Waals surface area contributed by atoms with Crippen molar-refractivity contribution in [3.05, 3.63) is 65.7 Å². The lowest BCUT2D eigenvalue weighted by molar-refractivity contribution is -0.117. The zero-order chi connectivity index (χ0) is 13.0. The number of hydrogen-bond donors (Lipinski definition) is 0. The number of rotatable bonds is 3. The third kappa shape index (κ3) is 2.98. The highest BCUT2D eigenvalue weighted by Gasteiger charge is 2.11. The molecule has 0 saturated heterocycles. The van der Waals surface area contributed by atoms with Gasteiger partial charge in [0.25, 0.3) is 0 Å². The number of benzene rings is 2. The summed E-state index contributed by atoms with van der Waals surface area (Å²) in [7, 11) is 1.81. The molecule has 2 rings (SSSR count). The number of likely N-dealkylation sites (N-methyl/N-ethyl adjacent to an activating group) is 1. The maximum atomic E-state index is 12.2. The molecule has 0 aliphatic rings. The van der Waals surface area contributed by atoms with E-state index in [1.165, 1.54) is 5.56 Å². The molecule has 2 nitrogen and oxygen atoms in total. The number of amides is 1. The van der Waals surface area contributed by atoms with Crippen molar-refractivity contribution in [1.82, 2.24) is 0 Å². The van der Waals surface area contributed by atoms with Gasteiger partial charge in [-0.1, -0.05) is 48.0 Å². The molecule has 0 spiro atoms. The fourth-order valence-electron chi connectivity index (χ4n) is 1.91. The molecule has 2 aromatic rings. The molecule has 0 aliphatic heterocycles. The van der Waals surface area contributed by atoms with Gasteiger partial charge in [-0.05, 0) is 24.6 Å². The predicted octanol–water partition coefficient (Wildman–Crippen LogP) is 3.20. The lowest BCUT2D eigenvalue weighted by Crippen LogP contribution is -2.27. The quantitative estimate of drug-likeness (QED) is 0.805. The van der Waals surface area contributed by atoms with E-state index in [1.54, 1.807) is 4.90 Å². The zero-order valence-electron chi connectivity index (χ0n) is 10.8. The van der Waals surface area contributed by atoms with Crippen LogP contribution in [0.1, 0.15) is 11.1 Å². The van der Waals surface area contributed by atoms with E-state index in [-0.39, 0.29) is 5.91 Å². The Morgan fingerprint density at radius 1 is 1.06 bits per heavy atom. The van der Waals surface area contributed by atoms with Gasteiger partial charge in [0.2, 0.25) is 5.91 Å². The van der Waals surface area contributed by atoms with Gasteiger partial charge in [-0.3, -0.25) is 4.79 Å². The largest absolute Gasteiger partial charge is 0.315 e. The molecule has 0 heterocycles. The van der Waals surface area contributed by atoms with E-state index in [1.807, 2.05) is 62.5 Å². The van der Waals surface area contributed by atoms with Gasteiger partial charge < -0.3 is 4.90 Å². The fourth-order valence-corrected chi connectivity index (χ4v) is 1.91. The topological polar surface area (TPSA) is 20.3 Å². The monoisotopic (exact) mass is 239 g/mol. The Balaban J connectivity index is 2.09. The van der Waals surface area contributed by atoms with Gasteiger partial charge in [-0.2, -0.15) is 0 Å². The van der Waals surface area contributed by atoms with Crippen molar-refractivity contribution in [3.63, 3.8) is 0 Å². The summed E-state index contributed by atoms with van der Waals surface area (Å²) in [6.07, 6.45) is 0.438. The molecule has 0 bridgehead atoms. The van der Waals surface area contributed by atoms with E-state index >= 15 is 0 Å². The van der Waals surface area contributed by atoms with Crippen LogP contribution in [-0.2, 0) is 11.2 Å². The second kappa shape index (κ2) is 5.50. The summed E-state index contributed by atoms with van der Waals surface area (Å²) >= 11 is 0. The van der Waals surface area contributed by atoms with Crippen molar-refractivity contribution < 1.29 is 4.79 Å². The summed E-state index contributed by atoms with van der Waals surface area (Å²) in [5, 5.41) is 0. The second-order valence-corrected chi connectivity index (χ2v) is 4.45. The van der Waals surface area contributed by atoms with Crippen molar-refractivity contribution >= 4 is 11.6 Å². The molecule has 0 aliphatic carbocycles. The average molecular weight is 239 g/mol. The number of hydrogen-bond acceptors (Lipinski definition) is 1. The maximum absolute atomic E-state index is 12.2. The van der Waals surface area contributed by atoms with Crippen LogP contribution in [0.5, 0.6) is 0 Å². The minimum atomic E-state index is 0.104. The smallest absolute Gasteiger partial charge is 0.231 e. The lowest BCUT2D eigenvalue weighted by Gasteiger charge is -2.17. The minimum absolute atomic E-state index is 0.104. The van der Waals surface area contributed by atoms with Crippen molar-refractivity contribution in [2.24, 2.45) is 0 Å². The molecule has 0 fully saturated rings. The van der Waals surface area contributed by atoms with Crippen molar-refractivity contribution in [2.75, 3.05) is 11.9 Å². The number of nitrogens with zero attached hydrogens (tertiary/aromatic N) is 1. The van der Waals surface area contributed by atoms with Gasteiger partial charge >= 0.3 is 0 Å². The molecule has 92 valence electrons. The van der Waals surface area contributed by atoms with Crippen LogP contribution in [0.3, 0.4) is 0 Å². The third-order valence-corrected chi connectivity index (χ3v) is 2.96. The number of carbonyl (C=O) groups excluding carboxylic acids is 1. The molecule has 0 atom stereocenters. The Kier molecular flexibility index (Phi) is 3.78. The molecular weight excluding hydrogens is 222 g/mol. The summed E-state index contributed by atoms with van der Waals surface area (Å²) in [6.45, 7) is 2.04. The Morgan fingerprint density at radius 2 is 1.78 bits per heavy atom. The second-order valence-electron chi connectivity index (χ2n) is 4.45. The van der Waals surface area contributed by atoms with Crippen molar-refractivity contribution in [2.45, 2.75) is 13.3 Å². The minimum Gasteiger partial charge on any atom is -0.315 e. The first kappa shape index (κ1) is 12.4. The highest BCUT2D eigenvalue weighted by molar-refractivity contribution is 5.94. The first-order valence-electron chi connectivity index (χ1n) is 6.04. The summed E-state index contributed by atoms with van der Waals surface area (Å²) in [4.78, 5) is 13.8. The zero-order valence-corrected chi connectivity index (χ0v) is 10.8. The van der Waals surface area contributed by atoms with Gasteiger partial charge in [0.05, 0.1) is 6.42 Å². The standard InChI is InChI=1S/C16H17NO/c1-13-7-6-8-14(11-13)12-16(18)17(2)15-9-4-3-5-10-15/h3-11H,12H2,1-2H3. The van der Waals surface area contributed by atoms with E-state index < -0.39 is 0 Å². The molecule has 0 unspecified atom stereocenters. The molecule has 18 heavy (non-hydrogen) atoms. The van der Waals surface area contributed by atoms with E-state index in [0.717, 1.165) is 11.3 Å². The highest BCUT2D eigenvalue weighted by Crippen LogP contribution is 2.13. The lowest BCUT2D eigenvalue weighted by atomic mass is 10.1. The van der Waals surface area contributed by atoms with E-state index in [2.05, 4.69) is 6.07 Å². The molecule has 0 aromatic heterocycles. The number of aryl methyl sites for hydroxylation is 1. The van der Waals surface area contributed by atoms with Crippen LogP contribution in [-0.4, -0.2) is 13.0 Å². The van der Waals surface area contributed by atoms with Crippen LogP contribution in [0.15, 0.2) is 54.6 Å². The molecule has 1 amide bonds. The molecule has 2 heteroatoms. The van der Waals surface area contributed by atoms with Gasteiger partial charge in [0.1, 0.15) is 0 Å². The van der Waals surface area contributed by atoms with Gasteiger partial charge in [0.15, 0.2) is 0 Å². The van der Waals surface area contributed by atoms with E-state index in [4.69, 9.17) is 0 Å². The summed E-state index contributed by atoms with van der Waals surface area (Å²) in [5.74, 6) is 0.104. The van der Waals surface area contributed by atoms with E-state index in [0.29, 0.717) is 6.42 Å². The number of anilines is 1. The van der Waals surface area contributed by atoms with Crippen LogP contribution >= 0.6 is 0 Å². The first-order chi connectivity index (χ1) is 8.66. The van der Waals surface area contributed by atoms with E-state index in [9.17, 15) is 4.79 Å². The van der Waals surface area contributed by atoms with Crippen LogP contribution in [0.4, 0.5) is 5.69 Å². The Bertz CT molecular complexity index is 534. The van der Waals surface area contributed by atoms with Crippen LogP contribution < -0.4 is 4.90 Å². The molecule has 0 radical (unpaired) electrons. The predicted molar refractivity (Wildman–Crippen MR) is 74.7 cm³/mol. The van der Waals surface area contributed by atoms with Crippen LogP contribution in [0.2, 0.25) is 0 Å².